The van der Waals surface area contributed by atoms with E-state index in [-0.39, 0.29) is 36.4 Å². The predicted molar refractivity (Wildman–Crippen MR) is 119 cm³/mol. The third-order valence-corrected chi connectivity index (χ3v) is 3.66. The third-order valence-electron chi connectivity index (χ3n) is 3.66. The van der Waals surface area contributed by atoms with Gasteiger partial charge in [-0.15, -0.1) is 24.0 Å². The van der Waals surface area contributed by atoms with Crippen LogP contribution in [0.2, 0.25) is 0 Å². The average molecular weight is 500 g/mol. The molecule has 0 unspecified atom stereocenters. The first-order valence-corrected chi connectivity index (χ1v) is 8.83. The number of carbonyl (C=O) groups excluding carboxylic acids is 1. The van der Waals surface area contributed by atoms with Gasteiger partial charge in [-0.2, -0.15) is 0 Å². The maximum Gasteiger partial charge on any atom is 0.255 e. The van der Waals surface area contributed by atoms with Gasteiger partial charge in [-0.1, -0.05) is 24.3 Å². The molecule has 0 saturated heterocycles. The Morgan fingerprint density at radius 3 is 2.57 bits per heavy atom. The molecule has 0 fully saturated rings. The van der Waals surface area contributed by atoms with Gasteiger partial charge in [0.1, 0.15) is 11.6 Å². The summed E-state index contributed by atoms with van der Waals surface area (Å²) in [6.45, 7) is 3.72. The molecular formula is C20H26FIN4O2. The van der Waals surface area contributed by atoms with Crippen molar-refractivity contribution in [3.63, 3.8) is 0 Å². The van der Waals surface area contributed by atoms with Crippen molar-refractivity contribution in [1.82, 2.24) is 10.6 Å². The van der Waals surface area contributed by atoms with Crippen LogP contribution in [0.25, 0.3) is 0 Å². The van der Waals surface area contributed by atoms with E-state index in [0.717, 1.165) is 24.1 Å². The molecular weight excluding hydrogens is 474 g/mol. The fourth-order valence-electron chi connectivity index (χ4n) is 2.38. The van der Waals surface area contributed by atoms with E-state index in [0.29, 0.717) is 24.8 Å². The number of primary amides is 1. The van der Waals surface area contributed by atoms with Crippen LogP contribution in [-0.2, 0) is 17.8 Å². The topological polar surface area (TPSA) is 88.7 Å². The van der Waals surface area contributed by atoms with Gasteiger partial charge in [0.25, 0.3) is 5.91 Å². The van der Waals surface area contributed by atoms with Crippen LogP contribution in [0.5, 0.6) is 5.75 Å². The second-order valence-corrected chi connectivity index (χ2v) is 5.90. The van der Waals surface area contributed by atoms with Crippen molar-refractivity contribution < 1.29 is 13.9 Å². The van der Waals surface area contributed by atoms with E-state index in [9.17, 15) is 9.18 Å². The normalized spacial score (nSPS) is 10.7. The highest BCUT2D eigenvalue weighted by atomic mass is 127. The molecule has 0 aliphatic carbocycles. The summed E-state index contributed by atoms with van der Waals surface area (Å²) in [5, 5.41) is 6.45. The van der Waals surface area contributed by atoms with Crippen LogP contribution < -0.4 is 21.1 Å². The number of aliphatic imine (C=N–C) groups is 1. The number of nitrogens with zero attached hydrogens (tertiary/aromatic N) is 1. The number of amides is 1. The molecule has 0 bridgehead atoms. The summed E-state index contributed by atoms with van der Waals surface area (Å²) in [6, 6.07) is 13.8. The summed E-state index contributed by atoms with van der Waals surface area (Å²) in [6.07, 6.45) is 0.765. The zero-order chi connectivity index (χ0) is 19.5. The lowest BCUT2D eigenvalue weighted by Gasteiger charge is -2.11. The van der Waals surface area contributed by atoms with Crippen molar-refractivity contribution >= 4 is 35.8 Å². The van der Waals surface area contributed by atoms with Crippen molar-refractivity contribution in [2.45, 2.75) is 19.9 Å². The summed E-state index contributed by atoms with van der Waals surface area (Å²) in [7, 11) is 0. The number of guanidine groups is 1. The maximum absolute atomic E-state index is 12.9. The molecule has 0 aliphatic heterocycles. The fourth-order valence-corrected chi connectivity index (χ4v) is 2.38. The number of ether oxygens (including phenoxy) is 1. The monoisotopic (exact) mass is 500 g/mol. The highest BCUT2D eigenvalue weighted by Crippen LogP contribution is 2.14. The van der Waals surface area contributed by atoms with Crippen LogP contribution in [0.15, 0.2) is 53.5 Å². The first-order chi connectivity index (χ1) is 13.1. The van der Waals surface area contributed by atoms with Crippen LogP contribution in [0.1, 0.15) is 18.1 Å². The SMILES string of the molecule is CCNC(=NCc1cccc(OCC(N)=O)c1)NCCc1ccc(F)cc1.I. The van der Waals surface area contributed by atoms with Crippen LogP contribution in [0.4, 0.5) is 4.39 Å². The number of benzene rings is 2. The quantitative estimate of drug-likeness (QED) is 0.281. The molecule has 1 amide bonds. The Labute approximate surface area is 181 Å². The Kier molecular flexibility index (Phi) is 10.9. The van der Waals surface area contributed by atoms with E-state index in [2.05, 4.69) is 15.6 Å². The lowest BCUT2D eigenvalue weighted by atomic mass is 10.1. The van der Waals surface area contributed by atoms with Crippen LogP contribution in [-0.4, -0.2) is 31.6 Å². The van der Waals surface area contributed by atoms with E-state index in [1.807, 2.05) is 25.1 Å². The van der Waals surface area contributed by atoms with Gasteiger partial charge in [-0.3, -0.25) is 4.79 Å². The first kappa shape index (κ1) is 23.7. The number of nitrogens with two attached hydrogens (primary N) is 1. The Morgan fingerprint density at radius 1 is 1.14 bits per heavy atom. The number of hydrogen-bond donors (Lipinski definition) is 3. The molecule has 0 heterocycles. The Morgan fingerprint density at radius 2 is 1.89 bits per heavy atom. The Bertz CT molecular complexity index is 769. The zero-order valence-corrected chi connectivity index (χ0v) is 18.1. The summed E-state index contributed by atoms with van der Waals surface area (Å²) in [4.78, 5) is 15.4. The molecule has 6 nitrogen and oxygen atoms in total. The standard InChI is InChI=1S/C20H25FN4O2.HI/c1-2-23-20(24-11-10-15-6-8-17(21)9-7-15)25-13-16-4-3-5-18(12-16)27-14-19(22)26;/h3-9,12H,2,10-11,13-14H2,1H3,(H2,22,26)(H2,23,24,25);1H. The van der Waals surface area contributed by atoms with Gasteiger partial charge in [0.05, 0.1) is 6.54 Å². The van der Waals surface area contributed by atoms with Crippen LogP contribution in [0, 0.1) is 5.82 Å². The summed E-state index contributed by atoms with van der Waals surface area (Å²) in [5.41, 5.74) is 7.09. The second-order valence-electron chi connectivity index (χ2n) is 5.90. The van der Waals surface area contributed by atoms with E-state index >= 15 is 0 Å². The van der Waals surface area contributed by atoms with E-state index < -0.39 is 5.91 Å². The molecule has 0 atom stereocenters. The number of carbonyl (C=O) groups is 1. The number of nitrogens with one attached hydrogen (secondary N) is 2. The fraction of sp³-hybridized carbons (Fsp3) is 0.300. The minimum atomic E-state index is -0.516. The average Bonchev–Trinajstić information content (AvgIpc) is 2.66. The third kappa shape index (κ3) is 9.03. The van der Waals surface area contributed by atoms with E-state index in [4.69, 9.17) is 10.5 Å². The Hall–Kier alpha value is -2.36. The zero-order valence-electron chi connectivity index (χ0n) is 15.8. The second kappa shape index (κ2) is 12.9. The summed E-state index contributed by atoms with van der Waals surface area (Å²) in [5.74, 6) is 0.528. The minimum Gasteiger partial charge on any atom is -0.484 e. The molecule has 2 aromatic rings. The van der Waals surface area contributed by atoms with Gasteiger partial charge in [-0.05, 0) is 48.7 Å². The minimum absolute atomic E-state index is 0. The molecule has 28 heavy (non-hydrogen) atoms. The molecule has 4 N–H and O–H groups in total. The van der Waals surface area contributed by atoms with Crippen LogP contribution in [0.3, 0.4) is 0 Å². The van der Waals surface area contributed by atoms with Crippen molar-refractivity contribution in [2.24, 2.45) is 10.7 Å². The largest absolute Gasteiger partial charge is 0.484 e. The smallest absolute Gasteiger partial charge is 0.255 e. The lowest BCUT2D eigenvalue weighted by molar-refractivity contribution is -0.119. The van der Waals surface area contributed by atoms with Gasteiger partial charge in [-0.25, -0.2) is 9.38 Å². The van der Waals surface area contributed by atoms with Gasteiger partial charge >= 0.3 is 0 Å². The highest BCUT2D eigenvalue weighted by Gasteiger charge is 2.01. The van der Waals surface area contributed by atoms with E-state index in [1.54, 1.807) is 18.2 Å². The van der Waals surface area contributed by atoms with Crippen molar-refractivity contribution in [3.05, 3.63) is 65.5 Å². The van der Waals surface area contributed by atoms with Crippen molar-refractivity contribution in [2.75, 3.05) is 19.7 Å². The van der Waals surface area contributed by atoms with Gasteiger partial charge < -0.3 is 21.1 Å². The molecule has 0 aliphatic rings. The molecule has 8 heteroatoms. The number of halogens is 2. The molecule has 2 rings (SSSR count). The molecule has 2 aromatic carbocycles. The van der Waals surface area contributed by atoms with Crippen molar-refractivity contribution in [3.8, 4) is 5.75 Å². The van der Waals surface area contributed by atoms with Gasteiger partial charge in [0.15, 0.2) is 12.6 Å². The molecule has 0 aromatic heterocycles. The maximum atomic E-state index is 12.9. The summed E-state index contributed by atoms with van der Waals surface area (Å²) >= 11 is 0. The lowest BCUT2D eigenvalue weighted by Crippen LogP contribution is -2.38. The predicted octanol–water partition coefficient (Wildman–Crippen LogP) is 2.61. The van der Waals surface area contributed by atoms with E-state index in [1.165, 1.54) is 12.1 Å². The molecule has 0 radical (unpaired) electrons. The highest BCUT2D eigenvalue weighted by molar-refractivity contribution is 14.0. The first-order valence-electron chi connectivity index (χ1n) is 8.83. The molecule has 0 spiro atoms. The number of hydrogen-bond acceptors (Lipinski definition) is 3. The van der Waals surface area contributed by atoms with Gasteiger partial charge in [0, 0.05) is 13.1 Å². The number of rotatable bonds is 9. The van der Waals surface area contributed by atoms with Crippen molar-refractivity contribution in [1.29, 1.82) is 0 Å². The Balaban J connectivity index is 0.00000392. The summed E-state index contributed by atoms with van der Waals surface area (Å²) < 4.78 is 18.2. The van der Waals surface area contributed by atoms with Crippen LogP contribution >= 0.6 is 24.0 Å². The molecule has 0 saturated carbocycles. The molecule has 152 valence electrons. The van der Waals surface area contributed by atoms with Gasteiger partial charge in [0.2, 0.25) is 0 Å².